The maximum Gasteiger partial charge on any atom is 0.199 e. The summed E-state index contributed by atoms with van der Waals surface area (Å²) >= 11 is 11.8. The normalized spacial score (nSPS) is 12.5. The van der Waals surface area contributed by atoms with Gasteiger partial charge in [-0.15, -0.1) is 58.8 Å². The van der Waals surface area contributed by atoms with Gasteiger partial charge in [0.15, 0.2) is 5.12 Å². The molecule has 0 bridgehead atoms. The lowest BCUT2D eigenvalue weighted by atomic mass is 10.9. The van der Waals surface area contributed by atoms with Crippen LogP contribution in [0.25, 0.3) is 0 Å². The maximum absolute atomic E-state index is 11.6. The molecule has 0 aromatic rings. The van der Waals surface area contributed by atoms with E-state index in [-0.39, 0.29) is 11.1 Å². The zero-order valence-electron chi connectivity index (χ0n) is 12.4. The molecule has 0 amide bonds. The summed E-state index contributed by atoms with van der Waals surface area (Å²) in [5, 5.41) is 13.5. The van der Waals surface area contributed by atoms with Crippen molar-refractivity contribution in [3.05, 3.63) is 0 Å². The van der Waals surface area contributed by atoms with E-state index in [1.165, 1.54) is 23.5 Å². The minimum atomic E-state index is -0.673. The monoisotopic (exact) mass is 458 g/mol. The van der Waals surface area contributed by atoms with Crippen LogP contribution in [0.3, 0.4) is 0 Å². The molecule has 1 atom stereocenters. The van der Waals surface area contributed by atoms with Crippen LogP contribution in [0, 0.1) is 0 Å². The smallest absolute Gasteiger partial charge is 0.199 e. The number of thioether (sulfide) groups is 7. The van der Waals surface area contributed by atoms with Crippen LogP contribution in [0.1, 0.15) is 0 Å². The fourth-order valence-electron chi connectivity index (χ4n) is 0.884. The predicted molar refractivity (Wildman–Crippen MR) is 118 cm³/mol. The van der Waals surface area contributed by atoms with E-state index in [0.717, 1.165) is 36.9 Å². The lowest BCUT2D eigenvalue weighted by Crippen LogP contribution is -1.97. The Morgan fingerprint density at radius 3 is 2.18 bits per heavy atom. The van der Waals surface area contributed by atoms with Crippen molar-refractivity contribution in [2.24, 2.45) is 0 Å². The quantitative estimate of drug-likeness (QED) is 0.273. The molecule has 132 valence electrons. The van der Waals surface area contributed by atoms with Crippen LogP contribution in [0.5, 0.6) is 0 Å². The van der Waals surface area contributed by atoms with Gasteiger partial charge in [0.25, 0.3) is 0 Å². The summed E-state index contributed by atoms with van der Waals surface area (Å²) in [7, 11) is -0.673. The number of hydrogen-bond donors (Lipinski definition) is 1. The summed E-state index contributed by atoms with van der Waals surface area (Å²) in [5.41, 5.74) is 0. The molecule has 0 rings (SSSR count). The van der Waals surface area contributed by atoms with Crippen LogP contribution in [0.15, 0.2) is 0 Å². The highest BCUT2D eigenvalue weighted by Gasteiger charge is 2.03. The van der Waals surface area contributed by atoms with Crippen LogP contribution >= 0.6 is 82.3 Å². The van der Waals surface area contributed by atoms with E-state index in [9.17, 15) is 9.00 Å². The second-order valence-electron chi connectivity index (χ2n) is 3.59. The van der Waals surface area contributed by atoms with Gasteiger partial charge in [-0.1, -0.05) is 11.8 Å². The van der Waals surface area contributed by atoms with Crippen molar-refractivity contribution in [3.63, 3.8) is 0 Å². The molecule has 0 radical (unpaired) electrons. The zero-order chi connectivity index (χ0) is 16.5. The number of hydrogen-bond acceptors (Lipinski definition) is 10. The lowest BCUT2D eigenvalue weighted by Gasteiger charge is -2.03. The number of aliphatic hydroxyl groups is 1. The van der Waals surface area contributed by atoms with Gasteiger partial charge >= 0.3 is 0 Å². The first kappa shape index (κ1) is 24.2. The fraction of sp³-hybridized carbons (Fsp3) is 0.909. The van der Waals surface area contributed by atoms with Crippen LogP contribution in [-0.4, -0.2) is 69.3 Å². The molecule has 0 aromatic carbocycles. The Morgan fingerprint density at radius 2 is 1.50 bits per heavy atom. The molecule has 22 heavy (non-hydrogen) atoms. The fourth-order valence-corrected chi connectivity index (χ4v) is 9.55. The van der Waals surface area contributed by atoms with Gasteiger partial charge in [-0.3, -0.25) is 9.00 Å². The molecule has 1 unspecified atom stereocenters. The summed E-state index contributed by atoms with van der Waals surface area (Å²) in [6, 6.07) is 0. The van der Waals surface area contributed by atoms with Crippen molar-refractivity contribution in [3.8, 4) is 0 Å². The number of aliphatic hydroxyl groups excluding tert-OH is 1. The van der Waals surface area contributed by atoms with Gasteiger partial charge in [-0.25, -0.2) is 0 Å². The first-order valence-corrected chi connectivity index (χ1v) is 15.8. The molecule has 0 saturated carbocycles. The average Bonchev–Trinajstić information content (AvgIpc) is 2.48. The Kier molecular flexibility index (Phi) is 21.5. The highest BCUT2D eigenvalue weighted by Crippen LogP contribution is 2.23. The Bertz CT molecular complexity index is 293. The lowest BCUT2D eigenvalue weighted by molar-refractivity contribution is -0.108. The molecule has 0 spiro atoms. The van der Waals surface area contributed by atoms with Crippen LogP contribution in [-0.2, 0) is 15.6 Å². The summed E-state index contributed by atoms with van der Waals surface area (Å²) in [6.07, 6.45) is 1.74. The molecule has 0 aliphatic carbocycles. The van der Waals surface area contributed by atoms with Gasteiger partial charge < -0.3 is 5.11 Å². The Hall–Kier alpha value is 2.23. The van der Waals surface area contributed by atoms with Crippen molar-refractivity contribution >= 4 is 98.2 Å². The standard InChI is InChI=1S/C11H22O3S8/c1-22(14)3-2-15-6-18-9-19-7-16-4-11(13)21-10-20-8-17-5-12/h12H,2-10H2,1H3. The number of carbonyl (C=O) groups is 1. The topological polar surface area (TPSA) is 54.4 Å². The Labute approximate surface area is 166 Å². The SMILES string of the molecule is CS(=O)CCSCSCSCSCC(=O)SCSCSCO. The first-order valence-electron chi connectivity index (χ1n) is 6.19. The average molecular weight is 459 g/mol. The van der Waals surface area contributed by atoms with E-state index < -0.39 is 10.8 Å². The predicted octanol–water partition coefficient (Wildman–Crippen LogP) is 3.76. The van der Waals surface area contributed by atoms with E-state index in [2.05, 4.69) is 0 Å². The second kappa shape index (κ2) is 19.6. The van der Waals surface area contributed by atoms with Crippen molar-refractivity contribution in [1.82, 2.24) is 0 Å². The highest BCUT2D eigenvalue weighted by molar-refractivity contribution is 8.29. The van der Waals surface area contributed by atoms with Crippen LogP contribution in [0.2, 0.25) is 0 Å². The van der Waals surface area contributed by atoms with Gasteiger partial charge in [0, 0.05) is 54.0 Å². The molecule has 11 heteroatoms. The van der Waals surface area contributed by atoms with E-state index in [1.807, 2.05) is 35.3 Å². The minimum absolute atomic E-state index is 0.146. The van der Waals surface area contributed by atoms with Crippen LogP contribution < -0.4 is 0 Å². The molecule has 0 saturated heterocycles. The number of rotatable bonds is 16. The van der Waals surface area contributed by atoms with Gasteiger partial charge in [-0.2, -0.15) is 11.8 Å². The van der Waals surface area contributed by atoms with E-state index in [4.69, 9.17) is 5.11 Å². The highest BCUT2D eigenvalue weighted by atomic mass is 32.3. The minimum Gasteiger partial charge on any atom is -0.386 e. The molecule has 0 aliphatic heterocycles. The van der Waals surface area contributed by atoms with Gasteiger partial charge in [-0.05, 0) is 0 Å². The summed E-state index contributed by atoms with van der Waals surface area (Å²) in [5.74, 6) is 2.47. The third-order valence-corrected chi connectivity index (χ3v) is 11.1. The third-order valence-electron chi connectivity index (χ3n) is 1.80. The van der Waals surface area contributed by atoms with Crippen LogP contribution in [0.4, 0.5) is 0 Å². The van der Waals surface area contributed by atoms with E-state index in [0.29, 0.717) is 5.75 Å². The van der Waals surface area contributed by atoms with Crippen molar-refractivity contribution in [2.75, 3.05) is 54.9 Å². The molecular weight excluding hydrogens is 437 g/mol. The maximum atomic E-state index is 11.6. The molecule has 0 fully saturated rings. The van der Waals surface area contributed by atoms with Crippen molar-refractivity contribution in [1.29, 1.82) is 0 Å². The molecule has 1 N–H and O–H groups in total. The third kappa shape index (κ3) is 20.3. The van der Waals surface area contributed by atoms with Gasteiger partial charge in [0.1, 0.15) is 0 Å². The molecule has 3 nitrogen and oxygen atoms in total. The largest absolute Gasteiger partial charge is 0.386 e. The second-order valence-corrected chi connectivity index (χ2v) is 14.0. The molecule has 0 aliphatic rings. The van der Waals surface area contributed by atoms with E-state index in [1.54, 1.807) is 29.8 Å². The Morgan fingerprint density at radius 1 is 0.909 bits per heavy atom. The van der Waals surface area contributed by atoms with E-state index >= 15 is 0 Å². The van der Waals surface area contributed by atoms with Crippen molar-refractivity contribution < 1.29 is 14.1 Å². The molecule has 0 heterocycles. The summed E-state index contributed by atoms with van der Waals surface area (Å²) < 4.78 is 10.9. The van der Waals surface area contributed by atoms with Gasteiger partial charge in [0.05, 0.1) is 11.7 Å². The molecule has 0 aromatic heterocycles. The zero-order valence-corrected chi connectivity index (χ0v) is 18.9. The molecular formula is C11H22O3S8. The van der Waals surface area contributed by atoms with Crippen molar-refractivity contribution in [2.45, 2.75) is 0 Å². The first-order chi connectivity index (χ1) is 10.7. The summed E-state index contributed by atoms with van der Waals surface area (Å²) in [4.78, 5) is 11.6. The summed E-state index contributed by atoms with van der Waals surface area (Å²) in [6.45, 7) is 0. The van der Waals surface area contributed by atoms with Gasteiger partial charge in [0.2, 0.25) is 0 Å². The number of carbonyl (C=O) groups excluding carboxylic acids is 1. The Balaban J connectivity index is 3.15.